The largest absolute Gasteiger partial charge is 0.398 e. The van der Waals surface area contributed by atoms with Gasteiger partial charge in [-0.05, 0) is 34.7 Å². The third kappa shape index (κ3) is 4.97. The summed E-state index contributed by atoms with van der Waals surface area (Å²) in [5, 5.41) is 0. The van der Waals surface area contributed by atoms with E-state index in [9.17, 15) is 8.42 Å². The zero-order chi connectivity index (χ0) is 22.0. The van der Waals surface area contributed by atoms with Gasteiger partial charge in [-0.25, -0.2) is 8.42 Å². The molecule has 0 radical (unpaired) electrons. The fraction of sp³-hybridized carbons (Fsp3) is 0.240. The molecule has 4 rings (SSSR count). The molecule has 7 heteroatoms. The first-order valence-corrected chi connectivity index (χ1v) is 12.2. The lowest BCUT2D eigenvalue weighted by atomic mass is 9.95. The number of anilines is 1. The summed E-state index contributed by atoms with van der Waals surface area (Å²) < 4.78 is 24.6. The number of nitrogens with two attached hydrogens (primary N) is 1. The van der Waals surface area contributed by atoms with Crippen LogP contribution in [0.5, 0.6) is 0 Å². The van der Waals surface area contributed by atoms with Crippen LogP contribution < -0.4 is 5.73 Å². The van der Waals surface area contributed by atoms with Gasteiger partial charge in [0.1, 0.15) is 11.9 Å². The third-order valence-electron chi connectivity index (χ3n) is 5.71. The first kappa shape index (κ1) is 23.8. The number of benzene rings is 3. The van der Waals surface area contributed by atoms with E-state index >= 15 is 0 Å². The molecule has 3 aromatic carbocycles. The van der Waals surface area contributed by atoms with E-state index in [-0.39, 0.29) is 23.3 Å². The molecule has 1 atom stereocenters. The highest BCUT2D eigenvalue weighted by atomic mass is 35.5. The molecule has 0 bridgehead atoms. The summed E-state index contributed by atoms with van der Waals surface area (Å²) in [5.41, 5.74) is 10.6. The highest BCUT2D eigenvalue weighted by Gasteiger charge is 2.24. The van der Waals surface area contributed by atoms with Crippen molar-refractivity contribution in [3.63, 3.8) is 0 Å². The number of fused-ring (bicyclic) bond motifs is 1. The van der Waals surface area contributed by atoms with E-state index in [1.165, 1.54) is 17.4 Å². The summed E-state index contributed by atoms with van der Waals surface area (Å²) in [5.74, 6) is 0.951. The molecular weight excluding hydrogens is 442 g/mol. The van der Waals surface area contributed by atoms with Crippen LogP contribution in [0.3, 0.4) is 0 Å². The standard InChI is InChI=1S/C25H27N3O2S.ClH/c1-28-17-20-11-6-7-13-21(20)24(18-9-4-3-5-10-18)27-23(28)16-15-19-12-8-14-22(26)25(19)31(2,29)30;/h3-14,24H,15-17,26H2,1-2H3;1H. The van der Waals surface area contributed by atoms with Crippen LogP contribution in [0.25, 0.3) is 0 Å². The van der Waals surface area contributed by atoms with E-state index in [0.717, 1.165) is 23.5 Å². The van der Waals surface area contributed by atoms with Gasteiger partial charge in [0.2, 0.25) is 0 Å². The van der Waals surface area contributed by atoms with Gasteiger partial charge in [0.05, 0.1) is 10.6 Å². The van der Waals surface area contributed by atoms with Gasteiger partial charge in [0, 0.05) is 26.3 Å². The fourth-order valence-corrected chi connectivity index (χ4v) is 5.40. The van der Waals surface area contributed by atoms with Gasteiger partial charge in [-0.15, -0.1) is 12.4 Å². The average Bonchev–Trinajstić information content (AvgIpc) is 2.88. The van der Waals surface area contributed by atoms with E-state index in [0.29, 0.717) is 18.5 Å². The normalized spacial score (nSPS) is 15.9. The van der Waals surface area contributed by atoms with Crippen molar-refractivity contribution in [1.82, 2.24) is 4.90 Å². The Morgan fingerprint density at radius 1 is 0.969 bits per heavy atom. The molecule has 32 heavy (non-hydrogen) atoms. The summed E-state index contributed by atoms with van der Waals surface area (Å²) in [6.45, 7) is 0.758. The van der Waals surface area contributed by atoms with E-state index in [1.54, 1.807) is 12.1 Å². The molecule has 1 unspecified atom stereocenters. The summed E-state index contributed by atoms with van der Waals surface area (Å²) in [4.78, 5) is 7.55. The Morgan fingerprint density at radius 2 is 1.66 bits per heavy atom. The number of hydrogen-bond donors (Lipinski definition) is 1. The molecule has 168 valence electrons. The molecule has 1 heterocycles. The Morgan fingerprint density at radius 3 is 2.38 bits per heavy atom. The Balaban J connectivity index is 0.00000289. The minimum absolute atomic E-state index is 0. The fourth-order valence-electron chi connectivity index (χ4n) is 4.25. The first-order chi connectivity index (χ1) is 14.8. The molecule has 0 aliphatic carbocycles. The Hall–Kier alpha value is -2.83. The summed E-state index contributed by atoms with van der Waals surface area (Å²) in [6, 6.07) is 23.9. The zero-order valence-corrected chi connectivity index (χ0v) is 19.9. The molecule has 0 spiro atoms. The maximum atomic E-state index is 12.3. The molecule has 0 amide bonds. The second-order valence-electron chi connectivity index (χ2n) is 8.02. The number of aliphatic imine (C=N–C) groups is 1. The van der Waals surface area contributed by atoms with Gasteiger partial charge in [-0.1, -0.05) is 66.7 Å². The van der Waals surface area contributed by atoms with Crippen LogP contribution in [0.1, 0.15) is 34.7 Å². The van der Waals surface area contributed by atoms with Crippen LogP contribution in [-0.2, 0) is 22.8 Å². The number of nitrogen functional groups attached to an aromatic ring is 1. The highest BCUT2D eigenvalue weighted by Crippen LogP contribution is 2.33. The minimum atomic E-state index is -3.41. The van der Waals surface area contributed by atoms with Crippen molar-refractivity contribution in [1.29, 1.82) is 0 Å². The lowest BCUT2D eigenvalue weighted by Crippen LogP contribution is -2.26. The minimum Gasteiger partial charge on any atom is -0.398 e. The number of amidine groups is 1. The van der Waals surface area contributed by atoms with Crippen molar-refractivity contribution in [3.05, 3.63) is 95.1 Å². The number of hydrogen-bond acceptors (Lipinski definition) is 5. The number of sulfone groups is 1. The van der Waals surface area contributed by atoms with Gasteiger partial charge in [0.15, 0.2) is 9.84 Å². The summed E-state index contributed by atoms with van der Waals surface area (Å²) >= 11 is 0. The molecule has 0 fully saturated rings. The summed E-state index contributed by atoms with van der Waals surface area (Å²) in [6.07, 6.45) is 2.38. The van der Waals surface area contributed by atoms with Crippen molar-refractivity contribution in [3.8, 4) is 0 Å². The van der Waals surface area contributed by atoms with Gasteiger partial charge in [-0.2, -0.15) is 0 Å². The number of nitrogens with zero attached hydrogens (tertiary/aromatic N) is 2. The monoisotopic (exact) mass is 469 g/mol. The van der Waals surface area contributed by atoms with E-state index in [1.807, 2.05) is 31.3 Å². The Labute approximate surface area is 196 Å². The molecule has 0 saturated carbocycles. The van der Waals surface area contributed by atoms with Crippen LogP contribution in [-0.4, -0.2) is 32.5 Å². The highest BCUT2D eigenvalue weighted by molar-refractivity contribution is 7.91. The quantitative estimate of drug-likeness (QED) is 0.551. The number of halogens is 1. The van der Waals surface area contributed by atoms with E-state index < -0.39 is 9.84 Å². The van der Waals surface area contributed by atoms with Crippen molar-refractivity contribution < 1.29 is 8.42 Å². The lowest BCUT2D eigenvalue weighted by molar-refractivity contribution is 0.490. The lowest BCUT2D eigenvalue weighted by Gasteiger charge is -2.21. The second kappa shape index (κ2) is 9.76. The second-order valence-corrected chi connectivity index (χ2v) is 9.97. The molecule has 1 aliphatic heterocycles. The van der Waals surface area contributed by atoms with Crippen LogP contribution >= 0.6 is 12.4 Å². The maximum absolute atomic E-state index is 12.3. The molecule has 3 aromatic rings. The van der Waals surface area contributed by atoms with Crippen molar-refractivity contribution >= 4 is 33.8 Å². The molecule has 5 nitrogen and oxygen atoms in total. The van der Waals surface area contributed by atoms with Crippen molar-refractivity contribution in [2.75, 3.05) is 19.0 Å². The molecule has 0 aromatic heterocycles. The van der Waals surface area contributed by atoms with Crippen molar-refractivity contribution in [2.24, 2.45) is 4.99 Å². The SMILES string of the molecule is CN1Cc2ccccc2C(c2ccccc2)N=C1CCc1cccc(N)c1S(C)(=O)=O.Cl. The van der Waals surface area contributed by atoms with Gasteiger partial charge in [0.25, 0.3) is 0 Å². The Bertz CT molecular complexity index is 1230. The molecular formula is C25H28ClN3O2S. The molecule has 2 N–H and O–H groups in total. The van der Waals surface area contributed by atoms with Gasteiger partial charge in [-0.3, -0.25) is 4.99 Å². The predicted octanol–water partition coefficient (Wildman–Crippen LogP) is 4.66. The average molecular weight is 470 g/mol. The molecule has 0 saturated heterocycles. The van der Waals surface area contributed by atoms with Gasteiger partial charge >= 0.3 is 0 Å². The Kier molecular flexibility index (Phi) is 7.26. The van der Waals surface area contributed by atoms with E-state index in [4.69, 9.17) is 10.7 Å². The van der Waals surface area contributed by atoms with E-state index in [2.05, 4.69) is 41.3 Å². The topological polar surface area (TPSA) is 75.8 Å². The van der Waals surface area contributed by atoms with Crippen LogP contribution in [0, 0.1) is 0 Å². The number of rotatable bonds is 5. The van der Waals surface area contributed by atoms with Crippen LogP contribution in [0.4, 0.5) is 5.69 Å². The van der Waals surface area contributed by atoms with Crippen LogP contribution in [0.15, 0.2) is 82.7 Å². The van der Waals surface area contributed by atoms with Crippen molar-refractivity contribution in [2.45, 2.75) is 30.3 Å². The number of aryl methyl sites for hydroxylation is 1. The van der Waals surface area contributed by atoms with Crippen LogP contribution in [0.2, 0.25) is 0 Å². The molecule has 1 aliphatic rings. The predicted molar refractivity (Wildman–Crippen MR) is 133 cm³/mol. The summed E-state index contributed by atoms with van der Waals surface area (Å²) in [7, 11) is -1.37. The zero-order valence-electron chi connectivity index (χ0n) is 18.2. The van der Waals surface area contributed by atoms with Gasteiger partial charge < -0.3 is 10.6 Å². The smallest absolute Gasteiger partial charge is 0.177 e. The first-order valence-electron chi connectivity index (χ1n) is 10.3. The maximum Gasteiger partial charge on any atom is 0.177 e. The third-order valence-corrected chi connectivity index (χ3v) is 6.95.